The molecule has 0 saturated carbocycles. The molecule has 2 rings (SSSR count). The summed E-state index contributed by atoms with van der Waals surface area (Å²) in [5, 5.41) is 11.8. The molecule has 19 heavy (non-hydrogen) atoms. The number of hydrogen-bond donors (Lipinski definition) is 2. The van der Waals surface area contributed by atoms with Crippen LogP contribution in [-0.4, -0.2) is 46.5 Å². The number of nitrogens with one attached hydrogen (secondary N) is 1. The van der Waals surface area contributed by atoms with E-state index in [1.165, 1.54) is 12.3 Å². The average Bonchev–Trinajstić information content (AvgIpc) is 2.93. The van der Waals surface area contributed by atoms with E-state index in [4.69, 9.17) is 5.11 Å². The third-order valence-electron chi connectivity index (χ3n) is 3.11. The van der Waals surface area contributed by atoms with Gasteiger partial charge in [0.2, 0.25) is 5.91 Å². The lowest BCUT2D eigenvalue weighted by Crippen LogP contribution is -2.29. The lowest BCUT2D eigenvalue weighted by atomic mass is 10.3. The largest absolute Gasteiger partial charge is 0.477 e. The third kappa shape index (κ3) is 3.67. The first kappa shape index (κ1) is 13.3. The summed E-state index contributed by atoms with van der Waals surface area (Å²) in [4.78, 5) is 28.1. The van der Waals surface area contributed by atoms with Crippen molar-refractivity contribution in [3.05, 3.63) is 24.0 Å². The highest BCUT2D eigenvalue weighted by molar-refractivity contribution is 5.85. The van der Waals surface area contributed by atoms with Gasteiger partial charge in [0.25, 0.3) is 0 Å². The summed E-state index contributed by atoms with van der Waals surface area (Å²) in [5.74, 6) is -0.879. The standard InChI is InChI=1S/C13H17N3O3/c17-12(16-7-1-2-8-16)5-6-14-10-3-4-11(13(18)19)15-9-10/h3-4,9,14H,1-2,5-8H2,(H,18,19). The van der Waals surface area contributed by atoms with Crippen molar-refractivity contribution in [2.24, 2.45) is 0 Å². The predicted octanol–water partition coefficient (Wildman–Crippen LogP) is 1.20. The summed E-state index contributed by atoms with van der Waals surface area (Å²) in [6.07, 6.45) is 4.10. The molecule has 102 valence electrons. The minimum Gasteiger partial charge on any atom is -0.477 e. The smallest absolute Gasteiger partial charge is 0.354 e. The molecule has 1 aromatic rings. The third-order valence-corrected chi connectivity index (χ3v) is 3.11. The van der Waals surface area contributed by atoms with Crippen LogP contribution in [-0.2, 0) is 4.79 Å². The molecule has 1 fully saturated rings. The van der Waals surface area contributed by atoms with Gasteiger partial charge in [-0.2, -0.15) is 0 Å². The molecule has 1 saturated heterocycles. The van der Waals surface area contributed by atoms with E-state index >= 15 is 0 Å². The van der Waals surface area contributed by atoms with Crippen molar-refractivity contribution in [1.29, 1.82) is 0 Å². The summed E-state index contributed by atoms with van der Waals surface area (Å²) in [6, 6.07) is 3.09. The lowest BCUT2D eigenvalue weighted by molar-refractivity contribution is -0.129. The number of nitrogens with zero attached hydrogens (tertiary/aromatic N) is 2. The van der Waals surface area contributed by atoms with Crippen LogP contribution in [0.5, 0.6) is 0 Å². The number of carbonyl (C=O) groups is 2. The van der Waals surface area contributed by atoms with Crippen molar-refractivity contribution < 1.29 is 14.7 Å². The van der Waals surface area contributed by atoms with Gasteiger partial charge in [0.15, 0.2) is 0 Å². The van der Waals surface area contributed by atoms with Crippen LogP contribution in [0.15, 0.2) is 18.3 Å². The molecule has 1 amide bonds. The zero-order valence-electron chi connectivity index (χ0n) is 10.6. The van der Waals surface area contributed by atoms with Crippen molar-refractivity contribution in [2.75, 3.05) is 25.0 Å². The van der Waals surface area contributed by atoms with Crippen molar-refractivity contribution in [2.45, 2.75) is 19.3 Å². The Morgan fingerprint density at radius 3 is 2.63 bits per heavy atom. The van der Waals surface area contributed by atoms with E-state index in [1.807, 2.05) is 4.90 Å². The van der Waals surface area contributed by atoms with Gasteiger partial charge in [0.05, 0.1) is 11.9 Å². The van der Waals surface area contributed by atoms with Crippen LogP contribution < -0.4 is 5.32 Å². The molecule has 1 aliphatic heterocycles. The highest BCUT2D eigenvalue weighted by Gasteiger charge is 2.16. The van der Waals surface area contributed by atoms with Gasteiger partial charge < -0.3 is 15.3 Å². The number of amides is 1. The van der Waals surface area contributed by atoms with E-state index in [0.29, 0.717) is 13.0 Å². The Morgan fingerprint density at radius 2 is 2.05 bits per heavy atom. The normalized spacial score (nSPS) is 14.4. The van der Waals surface area contributed by atoms with Crippen LogP contribution in [0.25, 0.3) is 0 Å². The molecule has 0 bridgehead atoms. The molecule has 2 N–H and O–H groups in total. The van der Waals surface area contributed by atoms with Crippen LogP contribution in [0.2, 0.25) is 0 Å². The number of carbonyl (C=O) groups excluding carboxylic acids is 1. The van der Waals surface area contributed by atoms with Crippen LogP contribution >= 0.6 is 0 Å². The Morgan fingerprint density at radius 1 is 1.32 bits per heavy atom. The minimum absolute atomic E-state index is 0.0127. The molecule has 6 nitrogen and oxygen atoms in total. The number of likely N-dealkylation sites (tertiary alicyclic amines) is 1. The first-order valence-electron chi connectivity index (χ1n) is 6.38. The fourth-order valence-corrected chi connectivity index (χ4v) is 2.06. The molecular formula is C13H17N3O3. The Kier molecular flexibility index (Phi) is 4.33. The van der Waals surface area contributed by atoms with Gasteiger partial charge in [0, 0.05) is 26.1 Å². The molecule has 1 aromatic heterocycles. The molecule has 0 unspecified atom stereocenters. The number of aromatic nitrogens is 1. The summed E-state index contributed by atoms with van der Waals surface area (Å²) >= 11 is 0. The van der Waals surface area contributed by atoms with Crippen molar-refractivity contribution in [3.8, 4) is 0 Å². The molecule has 0 atom stereocenters. The first-order chi connectivity index (χ1) is 9.16. The number of hydrogen-bond acceptors (Lipinski definition) is 4. The number of anilines is 1. The van der Waals surface area contributed by atoms with Crippen LogP contribution in [0.3, 0.4) is 0 Å². The molecule has 0 spiro atoms. The molecule has 0 aliphatic carbocycles. The fourth-order valence-electron chi connectivity index (χ4n) is 2.06. The van der Waals surface area contributed by atoms with E-state index in [9.17, 15) is 9.59 Å². The van der Waals surface area contributed by atoms with Crippen LogP contribution in [0.4, 0.5) is 5.69 Å². The summed E-state index contributed by atoms with van der Waals surface area (Å²) in [7, 11) is 0. The zero-order chi connectivity index (χ0) is 13.7. The average molecular weight is 263 g/mol. The number of aromatic carboxylic acids is 1. The Hall–Kier alpha value is -2.11. The number of carboxylic acids is 1. The van der Waals surface area contributed by atoms with E-state index in [2.05, 4.69) is 10.3 Å². The fraction of sp³-hybridized carbons (Fsp3) is 0.462. The monoisotopic (exact) mass is 263 g/mol. The van der Waals surface area contributed by atoms with Crippen molar-refractivity contribution >= 4 is 17.6 Å². The summed E-state index contributed by atoms with van der Waals surface area (Å²) in [6.45, 7) is 2.27. The second-order valence-electron chi connectivity index (χ2n) is 4.50. The molecular weight excluding hydrogens is 246 g/mol. The van der Waals surface area contributed by atoms with E-state index in [-0.39, 0.29) is 11.6 Å². The quantitative estimate of drug-likeness (QED) is 0.834. The number of pyridine rings is 1. The van der Waals surface area contributed by atoms with E-state index in [0.717, 1.165) is 31.6 Å². The summed E-state index contributed by atoms with van der Waals surface area (Å²) < 4.78 is 0. The highest BCUT2D eigenvalue weighted by atomic mass is 16.4. The second-order valence-corrected chi connectivity index (χ2v) is 4.50. The zero-order valence-corrected chi connectivity index (χ0v) is 10.6. The second kappa shape index (κ2) is 6.17. The topological polar surface area (TPSA) is 82.5 Å². The molecule has 1 aliphatic rings. The molecule has 0 aromatic carbocycles. The van der Waals surface area contributed by atoms with E-state index < -0.39 is 5.97 Å². The van der Waals surface area contributed by atoms with Gasteiger partial charge in [-0.3, -0.25) is 4.79 Å². The predicted molar refractivity (Wildman–Crippen MR) is 70.1 cm³/mol. The Bertz CT molecular complexity index is 453. The van der Waals surface area contributed by atoms with Gasteiger partial charge >= 0.3 is 5.97 Å². The van der Waals surface area contributed by atoms with E-state index in [1.54, 1.807) is 6.07 Å². The van der Waals surface area contributed by atoms with Gasteiger partial charge in [-0.05, 0) is 25.0 Å². The Labute approximate surface area is 111 Å². The SMILES string of the molecule is O=C(O)c1ccc(NCCC(=O)N2CCCC2)cn1. The number of rotatable bonds is 5. The number of carboxylic acid groups (broad SMARTS) is 1. The maximum absolute atomic E-state index is 11.8. The summed E-state index contributed by atoms with van der Waals surface area (Å²) in [5.41, 5.74) is 0.734. The van der Waals surface area contributed by atoms with Gasteiger partial charge in [-0.25, -0.2) is 9.78 Å². The molecule has 0 radical (unpaired) electrons. The van der Waals surface area contributed by atoms with Gasteiger partial charge in [0.1, 0.15) is 5.69 Å². The van der Waals surface area contributed by atoms with Crippen molar-refractivity contribution in [1.82, 2.24) is 9.88 Å². The first-order valence-corrected chi connectivity index (χ1v) is 6.38. The van der Waals surface area contributed by atoms with Gasteiger partial charge in [-0.15, -0.1) is 0 Å². The molecule has 6 heteroatoms. The minimum atomic E-state index is -1.05. The maximum Gasteiger partial charge on any atom is 0.354 e. The highest BCUT2D eigenvalue weighted by Crippen LogP contribution is 2.10. The maximum atomic E-state index is 11.8. The van der Waals surface area contributed by atoms with Crippen molar-refractivity contribution in [3.63, 3.8) is 0 Å². The Balaban J connectivity index is 1.75. The molecule has 2 heterocycles. The van der Waals surface area contributed by atoms with Gasteiger partial charge in [-0.1, -0.05) is 0 Å². The van der Waals surface area contributed by atoms with Crippen LogP contribution in [0.1, 0.15) is 29.8 Å². The van der Waals surface area contributed by atoms with Crippen LogP contribution in [0, 0.1) is 0 Å². The lowest BCUT2D eigenvalue weighted by Gasteiger charge is -2.15.